The van der Waals surface area contributed by atoms with Crippen LogP contribution in [-0.2, 0) is 16.0 Å². The van der Waals surface area contributed by atoms with E-state index >= 15 is 0 Å². The molecule has 3 N–H and O–H groups in total. The summed E-state index contributed by atoms with van der Waals surface area (Å²) in [6.07, 6.45) is 0.367. The number of hydrogen-bond acceptors (Lipinski definition) is 3. The third kappa shape index (κ3) is 7.54. The number of halogens is 2. The Labute approximate surface area is 173 Å². The van der Waals surface area contributed by atoms with Gasteiger partial charge in [-0.15, -0.1) is 0 Å². The normalized spacial score (nSPS) is 11.6. The Morgan fingerprint density at radius 2 is 1.59 bits per heavy atom. The summed E-state index contributed by atoms with van der Waals surface area (Å²) in [7, 11) is 0. The maximum atomic E-state index is 12.9. The molecule has 154 valence electrons. The van der Waals surface area contributed by atoms with E-state index in [0.717, 1.165) is 0 Å². The number of carbonyl (C=O) groups excluding carboxylic acids is 3. The van der Waals surface area contributed by atoms with Crippen molar-refractivity contribution in [1.29, 1.82) is 0 Å². The van der Waals surface area contributed by atoms with Gasteiger partial charge in [0.25, 0.3) is 11.8 Å². The number of amides is 3. The molecule has 0 aliphatic heterocycles. The zero-order valence-corrected chi connectivity index (χ0v) is 16.9. The van der Waals surface area contributed by atoms with Crippen LogP contribution in [0.25, 0.3) is 0 Å². The van der Waals surface area contributed by atoms with E-state index in [-0.39, 0.29) is 12.3 Å². The molecule has 0 unspecified atom stereocenters. The highest BCUT2D eigenvalue weighted by Crippen LogP contribution is 2.11. The number of nitrogens with one attached hydrogen (secondary N) is 3. The van der Waals surface area contributed by atoms with Crippen LogP contribution in [0.1, 0.15) is 36.2 Å². The summed E-state index contributed by atoms with van der Waals surface area (Å²) in [5.41, 5.74) is 5.63. The zero-order chi connectivity index (χ0) is 21.4. The highest BCUT2D eigenvalue weighted by atomic mass is 35.5. The van der Waals surface area contributed by atoms with Gasteiger partial charge in [0.05, 0.1) is 6.42 Å². The SMILES string of the molecule is CC(C)C[C@H](NC(=O)c1ccc(Cl)cc1)C(=O)NNC(=O)Cc1ccc(F)cc1. The van der Waals surface area contributed by atoms with E-state index in [0.29, 0.717) is 22.6 Å². The Morgan fingerprint density at radius 1 is 0.966 bits per heavy atom. The van der Waals surface area contributed by atoms with E-state index < -0.39 is 29.6 Å². The van der Waals surface area contributed by atoms with E-state index in [4.69, 9.17) is 11.6 Å². The van der Waals surface area contributed by atoms with Gasteiger partial charge < -0.3 is 5.32 Å². The molecular weight excluding hydrogens is 397 g/mol. The lowest BCUT2D eigenvalue weighted by Crippen LogP contribution is -2.53. The monoisotopic (exact) mass is 419 g/mol. The Morgan fingerprint density at radius 3 is 2.17 bits per heavy atom. The average Bonchev–Trinajstić information content (AvgIpc) is 2.67. The largest absolute Gasteiger partial charge is 0.340 e. The van der Waals surface area contributed by atoms with Gasteiger partial charge in [-0.05, 0) is 54.3 Å². The van der Waals surface area contributed by atoms with Crippen molar-refractivity contribution in [3.8, 4) is 0 Å². The highest BCUT2D eigenvalue weighted by Gasteiger charge is 2.23. The molecule has 0 spiro atoms. The lowest BCUT2D eigenvalue weighted by molar-refractivity contribution is -0.129. The second-order valence-corrected chi connectivity index (χ2v) is 7.44. The first-order valence-corrected chi connectivity index (χ1v) is 9.52. The van der Waals surface area contributed by atoms with Crippen LogP contribution in [0, 0.1) is 11.7 Å². The summed E-state index contributed by atoms with van der Waals surface area (Å²) >= 11 is 5.82. The minimum absolute atomic E-state index is 0.0213. The standard InChI is InChI=1S/C21H23ClFN3O3/c1-13(2)11-18(24-20(28)15-5-7-16(22)8-6-15)21(29)26-25-19(27)12-14-3-9-17(23)10-4-14/h3-10,13,18H,11-12H2,1-2H3,(H,24,28)(H,25,27)(H,26,29)/t18-/m0/s1. The lowest BCUT2D eigenvalue weighted by atomic mass is 10.0. The van der Waals surface area contributed by atoms with E-state index in [1.54, 1.807) is 24.3 Å². The summed E-state index contributed by atoms with van der Waals surface area (Å²) in [5, 5.41) is 3.18. The molecule has 0 fully saturated rings. The smallest absolute Gasteiger partial charge is 0.260 e. The minimum atomic E-state index is -0.829. The highest BCUT2D eigenvalue weighted by molar-refractivity contribution is 6.30. The molecule has 0 aliphatic carbocycles. The van der Waals surface area contributed by atoms with Gasteiger partial charge in [-0.25, -0.2) is 4.39 Å². The van der Waals surface area contributed by atoms with Gasteiger partial charge in [0.2, 0.25) is 5.91 Å². The Balaban J connectivity index is 1.93. The molecule has 0 aliphatic rings. The third-order valence-corrected chi connectivity index (χ3v) is 4.29. The second-order valence-electron chi connectivity index (χ2n) is 7.00. The van der Waals surface area contributed by atoms with Crippen molar-refractivity contribution in [1.82, 2.24) is 16.2 Å². The first kappa shape index (κ1) is 22.4. The first-order chi connectivity index (χ1) is 13.7. The molecule has 8 heteroatoms. The molecule has 3 amide bonds. The zero-order valence-electron chi connectivity index (χ0n) is 16.2. The molecule has 2 aromatic carbocycles. The van der Waals surface area contributed by atoms with Crippen molar-refractivity contribution in [2.75, 3.05) is 0 Å². The van der Waals surface area contributed by atoms with Gasteiger partial charge in [-0.2, -0.15) is 0 Å². The van der Waals surface area contributed by atoms with Gasteiger partial charge in [0.15, 0.2) is 0 Å². The molecule has 0 aromatic heterocycles. The summed E-state index contributed by atoms with van der Waals surface area (Å²) in [5.74, 6) is -1.67. The number of carbonyl (C=O) groups is 3. The van der Waals surface area contributed by atoms with E-state index in [9.17, 15) is 18.8 Å². The quantitative estimate of drug-likeness (QED) is 0.603. The molecular formula is C21H23ClFN3O3. The van der Waals surface area contributed by atoms with Crippen LogP contribution < -0.4 is 16.2 Å². The number of benzene rings is 2. The van der Waals surface area contributed by atoms with Crippen LogP contribution in [0.15, 0.2) is 48.5 Å². The predicted molar refractivity (Wildman–Crippen MR) is 109 cm³/mol. The minimum Gasteiger partial charge on any atom is -0.340 e. The molecule has 0 heterocycles. The van der Waals surface area contributed by atoms with Gasteiger partial charge in [-0.1, -0.05) is 37.6 Å². The van der Waals surface area contributed by atoms with Gasteiger partial charge >= 0.3 is 0 Å². The van der Waals surface area contributed by atoms with Gasteiger partial charge in [0, 0.05) is 10.6 Å². The summed E-state index contributed by atoms with van der Waals surface area (Å²) < 4.78 is 12.9. The summed E-state index contributed by atoms with van der Waals surface area (Å²) in [4.78, 5) is 36.9. The van der Waals surface area contributed by atoms with Crippen molar-refractivity contribution >= 4 is 29.3 Å². The van der Waals surface area contributed by atoms with Crippen LogP contribution in [0.3, 0.4) is 0 Å². The molecule has 29 heavy (non-hydrogen) atoms. The maximum Gasteiger partial charge on any atom is 0.260 e. The van der Waals surface area contributed by atoms with Crippen molar-refractivity contribution < 1.29 is 18.8 Å². The molecule has 2 aromatic rings. The third-order valence-electron chi connectivity index (χ3n) is 4.04. The number of hydrogen-bond donors (Lipinski definition) is 3. The van der Waals surface area contributed by atoms with E-state index in [1.165, 1.54) is 24.3 Å². The Hall–Kier alpha value is -2.93. The second kappa shape index (κ2) is 10.6. The maximum absolute atomic E-state index is 12.9. The van der Waals surface area contributed by atoms with E-state index in [2.05, 4.69) is 16.2 Å². The number of rotatable bonds is 7. The van der Waals surface area contributed by atoms with Crippen LogP contribution >= 0.6 is 11.6 Å². The fourth-order valence-corrected chi connectivity index (χ4v) is 2.72. The van der Waals surface area contributed by atoms with Crippen LogP contribution in [0.2, 0.25) is 5.02 Å². The molecule has 0 bridgehead atoms. The molecule has 0 radical (unpaired) electrons. The molecule has 2 rings (SSSR count). The Bertz CT molecular complexity index is 854. The van der Waals surface area contributed by atoms with Crippen LogP contribution in [0.4, 0.5) is 4.39 Å². The Kier molecular flexibility index (Phi) is 8.15. The molecule has 0 saturated carbocycles. The van der Waals surface area contributed by atoms with Gasteiger partial charge in [0.1, 0.15) is 11.9 Å². The van der Waals surface area contributed by atoms with Crippen molar-refractivity contribution in [3.05, 3.63) is 70.5 Å². The lowest BCUT2D eigenvalue weighted by Gasteiger charge is -2.20. The fourth-order valence-electron chi connectivity index (χ4n) is 2.60. The predicted octanol–water partition coefficient (Wildman–Crippen LogP) is 3.01. The molecule has 0 saturated heterocycles. The van der Waals surface area contributed by atoms with Crippen molar-refractivity contribution in [2.24, 2.45) is 5.92 Å². The summed E-state index contributed by atoms with van der Waals surface area (Å²) in [6, 6.07) is 11.0. The van der Waals surface area contributed by atoms with Crippen molar-refractivity contribution in [3.63, 3.8) is 0 Å². The average molecular weight is 420 g/mol. The number of hydrazine groups is 1. The van der Waals surface area contributed by atoms with Crippen LogP contribution in [0.5, 0.6) is 0 Å². The fraction of sp³-hybridized carbons (Fsp3) is 0.286. The molecule has 6 nitrogen and oxygen atoms in total. The molecule has 1 atom stereocenters. The van der Waals surface area contributed by atoms with Crippen LogP contribution in [-0.4, -0.2) is 23.8 Å². The summed E-state index contributed by atoms with van der Waals surface area (Å²) in [6.45, 7) is 3.84. The topological polar surface area (TPSA) is 87.3 Å². The van der Waals surface area contributed by atoms with E-state index in [1.807, 2.05) is 13.8 Å². The van der Waals surface area contributed by atoms with Crippen molar-refractivity contribution in [2.45, 2.75) is 32.7 Å². The first-order valence-electron chi connectivity index (χ1n) is 9.14. The van der Waals surface area contributed by atoms with Gasteiger partial charge in [-0.3, -0.25) is 25.2 Å².